The molecule has 2 unspecified atom stereocenters. The number of terminal acetylenes is 1. The number of allylic oxidation sites excluding steroid dienone is 2. The van der Waals surface area contributed by atoms with Crippen LogP contribution in [0, 0.1) is 12.3 Å². The third kappa shape index (κ3) is 5.80. The summed E-state index contributed by atoms with van der Waals surface area (Å²) in [6, 6.07) is 7.08. The van der Waals surface area contributed by atoms with Gasteiger partial charge in [0.2, 0.25) is 0 Å². The number of hydrogen-bond donors (Lipinski definition) is 4. The molecule has 9 nitrogen and oxygen atoms in total. The van der Waals surface area contributed by atoms with E-state index in [2.05, 4.69) is 16.3 Å². The summed E-state index contributed by atoms with van der Waals surface area (Å²) in [7, 11) is 1.48. The topological polar surface area (TPSA) is 145 Å². The van der Waals surface area contributed by atoms with E-state index in [-0.39, 0.29) is 28.8 Å². The molecular weight excluding hydrogens is 446 g/mol. The summed E-state index contributed by atoms with van der Waals surface area (Å²) in [6.45, 7) is 2.15. The molecule has 1 amide bonds. The summed E-state index contributed by atoms with van der Waals surface area (Å²) in [5.74, 6) is 2.51. The number of carbonyl (C=O) groups is 2. The van der Waals surface area contributed by atoms with Gasteiger partial charge in [-0.25, -0.2) is 4.68 Å². The molecule has 1 saturated carbocycles. The Labute approximate surface area is 204 Å². The average Bonchev–Trinajstić information content (AvgIpc) is 3.20. The molecule has 3 rings (SSSR count). The van der Waals surface area contributed by atoms with Gasteiger partial charge in [0, 0.05) is 24.9 Å². The van der Waals surface area contributed by atoms with Crippen molar-refractivity contribution in [1.29, 1.82) is 0 Å². The molecule has 184 valence electrons. The Balaban J connectivity index is 1.81. The second-order valence-corrected chi connectivity index (χ2v) is 8.31. The van der Waals surface area contributed by atoms with Crippen molar-refractivity contribution in [3.8, 4) is 23.6 Å². The fraction of sp³-hybridized carbons (Fsp3) is 0.346. The van der Waals surface area contributed by atoms with Crippen LogP contribution >= 0.6 is 0 Å². The molecule has 0 aliphatic heterocycles. The van der Waals surface area contributed by atoms with Gasteiger partial charge in [-0.1, -0.05) is 36.3 Å². The number of benzene rings is 1. The number of nitrogens with one attached hydrogen (secondary N) is 1. The number of ketones is 1. The first-order valence-corrected chi connectivity index (χ1v) is 11.4. The van der Waals surface area contributed by atoms with Crippen LogP contribution in [0.15, 0.2) is 47.7 Å². The first-order chi connectivity index (χ1) is 16.8. The van der Waals surface area contributed by atoms with Crippen LogP contribution in [0.1, 0.15) is 54.6 Å². The predicted octanol–water partition coefficient (Wildman–Crippen LogP) is 2.43. The predicted molar refractivity (Wildman–Crippen MR) is 134 cm³/mol. The number of hydrogen-bond acceptors (Lipinski definition) is 7. The van der Waals surface area contributed by atoms with E-state index < -0.39 is 12.1 Å². The molecule has 1 aliphatic carbocycles. The maximum Gasteiger partial charge on any atom is 0.254 e. The summed E-state index contributed by atoms with van der Waals surface area (Å²) in [4.78, 5) is 24.1. The Bertz CT molecular complexity index is 1190. The summed E-state index contributed by atoms with van der Waals surface area (Å²) in [5.41, 5.74) is 14.2. The standard InChI is InChI=1S/C26H31N5O4/c1-4-7-21(35-3)20(5-2)26(34)29-15-16-10-12-17(13-11-16)23-22(25(28)33)24(27)31(30-23)18-8-6-9-19(32)14-18/h2,4,7,10-13,18,26,29,34H,6,8-9,14-15,27H2,1,3H3,(H2,28,33)/b7-4-,21-20-. The molecule has 0 bridgehead atoms. The molecule has 0 spiro atoms. The normalized spacial score (nSPS) is 17.7. The van der Waals surface area contributed by atoms with Gasteiger partial charge in [-0.2, -0.15) is 5.10 Å². The largest absolute Gasteiger partial charge is 0.496 e. The van der Waals surface area contributed by atoms with Gasteiger partial charge in [-0.15, -0.1) is 6.42 Å². The number of rotatable bonds is 9. The zero-order valence-electron chi connectivity index (χ0n) is 20.0. The number of Topliss-reactive ketones (excluding diaryl/α,β-unsaturated/α-hetero) is 1. The smallest absolute Gasteiger partial charge is 0.254 e. The Morgan fingerprint density at radius 2 is 2.14 bits per heavy atom. The highest BCUT2D eigenvalue weighted by Crippen LogP contribution is 2.33. The quantitative estimate of drug-likeness (QED) is 0.188. The number of aromatic nitrogens is 2. The Hall–Kier alpha value is -3.87. The van der Waals surface area contributed by atoms with E-state index in [1.54, 1.807) is 29.0 Å². The highest BCUT2D eigenvalue weighted by Gasteiger charge is 2.28. The number of nitrogens with zero attached hydrogens (tertiary/aromatic N) is 2. The molecule has 9 heteroatoms. The highest BCUT2D eigenvalue weighted by atomic mass is 16.5. The first kappa shape index (κ1) is 25.7. The van der Waals surface area contributed by atoms with Gasteiger partial charge in [0.25, 0.3) is 5.91 Å². The van der Waals surface area contributed by atoms with Crippen molar-refractivity contribution in [2.45, 2.75) is 51.4 Å². The van der Waals surface area contributed by atoms with Gasteiger partial charge in [0.05, 0.1) is 18.7 Å². The zero-order valence-corrected chi connectivity index (χ0v) is 20.0. The molecule has 2 atom stereocenters. The van der Waals surface area contributed by atoms with E-state index in [9.17, 15) is 14.7 Å². The maximum atomic E-state index is 12.2. The highest BCUT2D eigenvalue weighted by molar-refractivity contribution is 6.03. The molecule has 6 N–H and O–H groups in total. The van der Waals surface area contributed by atoms with Gasteiger partial charge < -0.3 is 21.3 Å². The number of nitrogen functional groups attached to an aromatic ring is 1. The van der Waals surface area contributed by atoms with Crippen LogP contribution in [-0.4, -0.2) is 39.9 Å². The summed E-state index contributed by atoms with van der Waals surface area (Å²) in [5, 5.41) is 18.0. The second-order valence-electron chi connectivity index (χ2n) is 8.31. The first-order valence-electron chi connectivity index (χ1n) is 11.4. The Morgan fingerprint density at radius 3 is 2.71 bits per heavy atom. The van der Waals surface area contributed by atoms with Crippen LogP contribution in [0.25, 0.3) is 11.3 Å². The van der Waals surface area contributed by atoms with Gasteiger partial charge in [0.1, 0.15) is 34.8 Å². The number of aliphatic hydroxyl groups excluding tert-OH is 1. The Kier molecular flexibility index (Phi) is 8.47. The second kappa shape index (κ2) is 11.5. The number of methoxy groups -OCH3 is 1. The fourth-order valence-electron chi connectivity index (χ4n) is 4.18. The lowest BCUT2D eigenvalue weighted by molar-refractivity contribution is -0.121. The van der Waals surface area contributed by atoms with Crippen molar-refractivity contribution in [2.75, 3.05) is 12.8 Å². The van der Waals surface area contributed by atoms with Crippen molar-refractivity contribution in [2.24, 2.45) is 5.73 Å². The number of nitrogens with two attached hydrogens (primary N) is 2. The summed E-state index contributed by atoms with van der Waals surface area (Å²) < 4.78 is 6.81. The molecular formula is C26H31N5O4. The van der Waals surface area contributed by atoms with Crippen LogP contribution in [0.5, 0.6) is 0 Å². The lowest BCUT2D eigenvalue weighted by atomic mass is 9.94. The minimum absolute atomic E-state index is 0.143. The number of ether oxygens (including phenoxy) is 1. The molecule has 0 saturated heterocycles. The molecule has 1 aromatic carbocycles. The number of anilines is 1. The zero-order chi connectivity index (χ0) is 25.5. The van der Waals surface area contributed by atoms with Crippen LogP contribution in [0.3, 0.4) is 0 Å². The fourth-order valence-corrected chi connectivity index (χ4v) is 4.18. The minimum atomic E-state index is -1.10. The summed E-state index contributed by atoms with van der Waals surface area (Å²) in [6.07, 6.45) is 10.3. The van der Waals surface area contributed by atoms with Crippen molar-refractivity contribution in [3.63, 3.8) is 0 Å². The van der Waals surface area contributed by atoms with Crippen molar-refractivity contribution < 1.29 is 19.4 Å². The van der Waals surface area contributed by atoms with Crippen LogP contribution < -0.4 is 16.8 Å². The molecule has 1 aromatic heterocycles. The number of amides is 1. The molecule has 2 aromatic rings. The number of carbonyl (C=O) groups excluding carboxylic acids is 2. The van der Waals surface area contributed by atoms with Crippen molar-refractivity contribution in [3.05, 3.63) is 58.9 Å². The molecule has 1 aliphatic rings. The van der Waals surface area contributed by atoms with Crippen LogP contribution in [0.2, 0.25) is 0 Å². The van der Waals surface area contributed by atoms with Gasteiger partial charge in [-0.3, -0.25) is 14.9 Å². The van der Waals surface area contributed by atoms with E-state index >= 15 is 0 Å². The van der Waals surface area contributed by atoms with E-state index in [1.165, 1.54) is 7.11 Å². The monoisotopic (exact) mass is 477 g/mol. The van der Waals surface area contributed by atoms with E-state index in [0.29, 0.717) is 36.4 Å². The van der Waals surface area contributed by atoms with Crippen molar-refractivity contribution >= 4 is 17.5 Å². The van der Waals surface area contributed by atoms with E-state index in [1.807, 2.05) is 19.1 Å². The van der Waals surface area contributed by atoms with Crippen LogP contribution in [0.4, 0.5) is 5.82 Å². The number of primary amides is 1. The van der Waals surface area contributed by atoms with Gasteiger partial charge in [0.15, 0.2) is 0 Å². The lowest BCUT2D eigenvalue weighted by Crippen LogP contribution is -2.30. The third-order valence-corrected chi connectivity index (χ3v) is 5.96. The van der Waals surface area contributed by atoms with E-state index in [4.69, 9.17) is 22.6 Å². The lowest BCUT2D eigenvalue weighted by Gasteiger charge is -2.22. The number of aliphatic hydroxyl groups is 1. The average molecular weight is 478 g/mol. The minimum Gasteiger partial charge on any atom is -0.496 e. The molecule has 0 radical (unpaired) electrons. The van der Waals surface area contributed by atoms with Crippen molar-refractivity contribution in [1.82, 2.24) is 15.1 Å². The van der Waals surface area contributed by atoms with Crippen LogP contribution in [-0.2, 0) is 16.1 Å². The Morgan fingerprint density at radius 1 is 1.43 bits per heavy atom. The molecule has 35 heavy (non-hydrogen) atoms. The van der Waals surface area contributed by atoms with Gasteiger partial charge >= 0.3 is 0 Å². The molecule has 1 heterocycles. The SMILES string of the molecule is C#C/C(=C(\C=C/C)OC)C(O)NCc1ccc(-c2nn(C3CCCC(=O)C3)c(N)c2C(N)=O)cc1. The van der Waals surface area contributed by atoms with Gasteiger partial charge in [-0.05, 0) is 31.4 Å². The third-order valence-electron chi connectivity index (χ3n) is 5.96. The maximum absolute atomic E-state index is 12.2. The molecule has 1 fully saturated rings. The van der Waals surface area contributed by atoms with E-state index in [0.717, 1.165) is 18.4 Å². The summed E-state index contributed by atoms with van der Waals surface area (Å²) >= 11 is 0.